The molecule has 1 aliphatic rings. The van der Waals surface area contributed by atoms with Gasteiger partial charge in [-0.05, 0) is 44.4 Å². The number of nitrogens with zero attached hydrogens (tertiary/aromatic N) is 4. The normalized spacial score (nSPS) is 13.8. The smallest absolute Gasteiger partial charge is 0.253 e. The molecule has 7 heteroatoms. The highest BCUT2D eigenvalue weighted by Gasteiger charge is 2.16. The Hall–Kier alpha value is -1.79. The van der Waals surface area contributed by atoms with Crippen molar-refractivity contribution in [2.24, 2.45) is 0 Å². The number of benzene rings is 1. The van der Waals surface area contributed by atoms with E-state index in [0.29, 0.717) is 10.3 Å². The van der Waals surface area contributed by atoms with E-state index in [2.05, 4.69) is 14.9 Å². The van der Waals surface area contributed by atoms with E-state index in [1.54, 1.807) is 11.8 Å². The molecule has 144 valence electrons. The molecular formula is C20H25ClN4OS. The average molecular weight is 405 g/mol. The van der Waals surface area contributed by atoms with Crippen molar-refractivity contribution in [3.8, 4) is 0 Å². The van der Waals surface area contributed by atoms with Crippen molar-refractivity contribution in [3.05, 3.63) is 46.6 Å². The van der Waals surface area contributed by atoms with Crippen LogP contribution in [0.25, 0.3) is 0 Å². The van der Waals surface area contributed by atoms with Crippen LogP contribution < -0.4 is 4.90 Å². The maximum absolute atomic E-state index is 12.4. The predicted octanol–water partition coefficient (Wildman–Crippen LogP) is 4.50. The van der Waals surface area contributed by atoms with E-state index in [9.17, 15) is 4.79 Å². The molecule has 0 bridgehead atoms. The van der Waals surface area contributed by atoms with Crippen molar-refractivity contribution in [1.29, 1.82) is 0 Å². The fourth-order valence-corrected chi connectivity index (χ4v) is 4.18. The van der Waals surface area contributed by atoms with Gasteiger partial charge in [-0.25, -0.2) is 9.97 Å². The highest BCUT2D eigenvalue weighted by Crippen LogP contribution is 2.26. The molecule has 1 aromatic carbocycles. The molecule has 0 N–H and O–H groups in total. The lowest BCUT2D eigenvalue weighted by Crippen LogP contribution is -2.30. The van der Waals surface area contributed by atoms with Gasteiger partial charge in [0.25, 0.3) is 5.91 Å². The summed E-state index contributed by atoms with van der Waals surface area (Å²) in [5.74, 6) is 1.72. The fourth-order valence-electron chi connectivity index (χ4n) is 3.14. The summed E-state index contributed by atoms with van der Waals surface area (Å²) in [4.78, 5) is 25.5. The number of hydrogen-bond acceptors (Lipinski definition) is 5. The van der Waals surface area contributed by atoms with Gasteiger partial charge >= 0.3 is 0 Å². The molecule has 1 aromatic heterocycles. The van der Waals surface area contributed by atoms with Crippen LogP contribution in [-0.2, 0) is 5.75 Å². The minimum Gasteiger partial charge on any atom is -0.356 e. The summed E-state index contributed by atoms with van der Waals surface area (Å²) >= 11 is 7.75. The van der Waals surface area contributed by atoms with Gasteiger partial charge in [-0.3, -0.25) is 4.79 Å². The summed E-state index contributed by atoms with van der Waals surface area (Å²) in [6.45, 7) is 7.48. The second-order valence-corrected chi connectivity index (χ2v) is 7.82. The summed E-state index contributed by atoms with van der Waals surface area (Å²) in [6.07, 6.45) is 2.39. The molecule has 1 aliphatic heterocycles. The van der Waals surface area contributed by atoms with Gasteiger partial charge in [0.15, 0.2) is 5.16 Å². The summed E-state index contributed by atoms with van der Waals surface area (Å²) in [5.41, 5.74) is 1.85. The van der Waals surface area contributed by atoms with Crippen LogP contribution in [0.2, 0.25) is 5.15 Å². The van der Waals surface area contributed by atoms with E-state index in [4.69, 9.17) is 11.6 Å². The number of amides is 1. The van der Waals surface area contributed by atoms with E-state index in [0.717, 1.165) is 48.9 Å². The molecule has 0 saturated carbocycles. The number of hydrogen-bond donors (Lipinski definition) is 0. The van der Waals surface area contributed by atoms with E-state index < -0.39 is 0 Å². The molecule has 3 rings (SSSR count). The second-order valence-electron chi connectivity index (χ2n) is 6.49. The van der Waals surface area contributed by atoms with Crippen LogP contribution in [0.1, 0.15) is 42.6 Å². The van der Waals surface area contributed by atoms with Gasteiger partial charge in [0, 0.05) is 43.6 Å². The number of anilines is 1. The standard InChI is InChI=1S/C20H25ClN4OS/c1-3-24(4-2)19(26)16-9-7-15(8-10-16)14-27-20-22-17(21)13-18(23-20)25-11-5-6-12-25/h7-10,13H,3-6,11-12,14H2,1-2H3. The van der Waals surface area contributed by atoms with Crippen molar-refractivity contribution in [2.75, 3.05) is 31.1 Å². The Morgan fingerprint density at radius 2 is 1.81 bits per heavy atom. The number of rotatable bonds is 7. The Morgan fingerprint density at radius 3 is 2.44 bits per heavy atom. The SMILES string of the molecule is CCN(CC)C(=O)c1ccc(CSc2nc(Cl)cc(N3CCCC3)n2)cc1. The highest BCUT2D eigenvalue weighted by atomic mass is 35.5. The van der Waals surface area contributed by atoms with E-state index >= 15 is 0 Å². The van der Waals surface area contributed by atoms with Gasteiger partial charge in [-0.15, -0.1) is 0 Å². The zero-order chi connectivity index (χ0) is 19.2. The molecule has 2 heterocycles. The second kappa shape index (κ2) is 9.42. The zero-order valence-electron chi connectivity index (χ0n) is 15.8. The van der Waals surface area contributed by atoms with Crippen LogP contribution in [-0.4, -0.2) is 47.0 Å². The van der Waals surface area contributed by atoms with Gasteiger partial charge in [0.1, 0.15) is 11.0 Å². The summed E-state index contributed by atoms with van der Waals surface area (Å²) < 4.78 is 0. The zero-order valence-corrected chi connectivity index (χ0v) is 17.4. The third-order valence-corrected chi connectivity index (χ3v) is 5.82. The van der Waals surface area contributed by atoms with Gasteiger partial charge in [0.2, 0.25) is 0 Å². The number of thioether (sulfide) groups is 1. The summed E-state index contributed by atoms with van der Waals surface area (Å²) in [5, 5.41) is 1.17. The van der Waals surface area contributed by atoms with Crippen LogP contribution in [0.15, 0.2) is 35.5 Å². The number of carbonyl (C=O) groups is 1. The summed E-state index contributed by atoms with van der Waals surface area (Å²) in [6, 6.07) is 9.62. The van der Waals surface area contributed by atoms with Crippen molar-refractivity contribution in [2.45, 2.75) is 37.6 Å². The molecule has 5 nitrogen and oxygen atoms in total. The minimum absolute atomic E-state index is 0.0765. The number of carbonyl (C=O) groups excluding carboxylic acids is 1. The van der Waals surface area contributed by atoms with Crippen LogP contribution in [0.3, 0.4) is 0 Å². The number of halogens is 1. The molecule has 0 spiro atoms. The molecule has 1 saturated heterocycles. The first kappa shape index (κ1) is 20.0. The number of aromatic nitrogens is 2. The van der Waals surface area contributed by atoms with Crippen molar-refractivity contribution >= 4 is 35.1 Å². The van der Waals surface area contributed by atoms with Crippen LogP contribution in [0.4, 0.5) is 5.82 Å². The molecule has 0 atom stereocenters. The first-order valence-corrected chi connectivity index (χ1v) is 10.8. The van der Waals surface area contributed by atoms with Gasteiger partial charge in [0.05, 0.1) is 0 Å². The van der Waals surface area contributed by atoms with E-state index in [1.165, 1.54) is 12.8 Å². The maximum atomic E-state index is 12.4. The van der Waals surface area contributed by atoms with Gasteiger partial charge < -0.3 is 9.80 Å². The quantitative estimate of drug-likeness (QED) is 0.386. The molecule has 0 radical (unpaired) electrons. The van der Waals surface area contributed by atoms with E-state index in [-0.39, 0.29) is 5.91 Å². The van der Waals surface area contributed by atoms with Crippen molar-refractivity contribution in [3.63, 3.8) is 0 Å². The monoisotopic (exact) mass is 404 g/mol. The Bertz CT molecular complexity index is 774. The van der Waals surface area contributed by atoms with Crippen LogP contribution in [0, 0.1) is 0 Å². The van der Waals surface area contributed by atoms with E-state index in [1.807, 2.05) is 49.1 Å². The summed E-state index contributed by atoms with van der Waals surface area (Å²) in [7, 11) is 0. The first-order valence-electron chi connectivity index (χ1n) is 9.41. The van der Waals surface area contributed by atoms with Crippen molar-refractivity contribution in [1.82, 2.24) is 14.9 Å². The lowest BCUT2D eigenvalue weighted by Gasteiger charge is -2.18. The molecule has 0 aliphatic carbocycles. The van der Waals surface area contributed by atoms with Crippen molar-refractivity contribution < 1.29 is 4.79 Å². The average Bonchev–Trinajstić information content (AvgIpc) is 3.22. The van der Waals surface area contributed by atoms with Gasteiger partial charge in [-0.1, -0.05) is 35.5 Å². The molecule has 2 aromatic rings. The molecule has 1 amide bonds. The topological polar surface area (TPSA) is 49.3 Å². The Kier molecular flexibility index (Phi) is 6.96. The minimum atomic E-state index is 0.0765. The lowest BCUT2D eigenvalue weighted by molar-refractivity contribution is 0.0773. The third-order valence-electron chi connectivity index (χ3n) is 4.71. The Labute approximate surface area is 170 Å². The highest BCUT2D eigenvalue weighted by molar-refractivity contribution is 7.98. The maximum Gasteiger partial charge on any atom is 0.253 e. The first-order chi connectivity index (χ1) is 13.1. The predicted molar refractivity (Wildman–Crippen MR) is 112 cm³/mol. The van der Waals surface area contributed by atoms with Crippen LogP contribution >= 0.6 is 23.4 Å². The van der Waals surface area contributed by atoms with Gasteiger partial charge in [-0.2, -0.15) is 0 Å². The fraction of sp³-hybridized carbons (Fsp3) is 0.450. The Morgan fingerprint density at radius 1 is 1.15 bits per heavy atom. The molecule has 0 unspecified atom stereocenters. The lowest BCUT2D eigenvalue weighted by atomic mass is 10.1. The largest absolute Gasteiger partial charge is 0.356 e. The van der Waals surface area contributed by atoms with Crippen LogP contribution in [0.5, 0.6) is 0 Å². The Balaban J connectivity index is 1.64. The molecule has 1 fully saturated rings. The molecule has 27 heavy (non-hydrogen) atoms. The third kappa shape index (κ3) is 5.14. The molecular weight excluding hydrogens is 380 g/mol.